The number of aromatic nitrogens is 1. The van der Waals surface area contributed by atoms with Crippen LogP contribution >= 0.6 is 0 Å². The third kappa shape index (κ3) is 4.18. The monoisotopic (exact) mass is 452 g/mol. The Hall–Kier alpha value is -3.39. The number of nitrogens with two attached hydrogens (primary N) is 1. The summed E-state index contributed by atoms with van der Waals surface area (Å²) in [6.07, 6.45) is 0. The van der Waals surface area contributed by atoms with Gasteiger partial charge in [0, 0.05) is 38.1 Å². The van der Waals surface area contributed by atoms with E-state index in [1.165, 1.54) is 10.6 Å². The molecule has 4 rings (SSSR count). The van der Waals surface area contributed by atoms with Gasteiger partial charge in [-0.15, -0.1) is 0 Å². The van der Waals surface area contributed by atoms with E-state index in [0.29, 0.717) is 47.4 Å². The molecule has 1 fully saturated rings. The highest BCUT2D eigenvalue weighted by atomic mass is 19.1. The quantitative estimate of drug-likeness (QED) is 0.621. The minimum absolute atomic E-state index is 0.120. The van der Waals surface area contributed by atoms with Gasteiger partial charge in [0.05, 0.1) is 11.2 Å². The van der Waals surface area contributed by atoms with Crippen molar-refractivity contribution in [1.29, 1.82) is 0 Å². The largest absolute Gasteiger partial charge is 0.506 e. The van der Waals surface area contributed by atoms with E-state index in [9.17, 15) is 19.1 Å². The van der Waals surface area contributed by atoms with Crippen molar-refractivity contribution in [2.45, 2.75) is 20.4 Å². The van der Waals surface area contributed by atoms with Gasteiger partial charge in [-0.3, -0.25) is 9.59 Å². The lowest BCUT2D eigenvalue weighted by atomic mass is 9.97. The minimum atomic E-state index is -0.982. The molecule has 3 N–H and O–H groups in total. The van der Waals surface area contributed by atoms with Crippen LogP contribution in [-0.2, 0) is 6.54 Å². The zero-order valence-electron chi connectivity index (χ0n) is 19.1. The van der Waals surface area contributed by atoms with Crippen LogP contribution in [0.5, 0.6) is 5.75 Å². The number of hydrogen-bond acceptors (Lipinski definition) is 5. The zero-order chi connectivity index (χ0) is 23.9. The van der Waals surface area contributed by atoms with Gasteiger partial charge in [-0.05, 0) is 42.3 Å². The van der Waals surface area contributed by atoms with Gasteiger partial charge >= 0.3 is 0 Å². The molecule has 1 aliphatic rings. The summed E-state index contributed by atoms with van der Waals surface area (Å²) in [4.78, 5) is 29.3. The fraction of sp³-hybridized carbons (Fsp3) is 0.360. The normalized spacial score (nSPS) is 14.9. The van der Waals surface area contributed by atoms with E-state index >= 15 is 0 Å². The molecule has 0 aliphatic carbocycles. The van der Waals surface area contributed by atoms with Crippen LogP contribution in [0.1, 0.15) is 24.2 Å². The van der Waals surface area contributed by atoms with Gasteiger partial charge in [-0.25, -0.2) is 4.39 Å². The summed E-state index contributed by atoms with van der Waals surface area (Å²) < 4.78 is 16.3. The average Bonchev–Trinajstić information content (AvgIpc) is 2.77. The highest BCUT2D eigenvalue weighted by molar-refractivity contribution is 6.06. The van der Waals surface area contributed by atoms with Crippen LogP contribution in [-0.4, -0.2) is 53.7 Å². The Morgan fingerprint density at radius 2 is 1.85 bits per heavy atom. The first-order valence-corrected chi connectivity index (χ1v) is 11.1. The molecule has 1 aromatic heterocycles. The molecule has 1 amide bonds. The SMILES string of the molecule is CC(C)Cn1c(=O)c(C(N)=O)c(O)c2c(-c3ccc(F)c(N4CCN(C)CC4)c3)cccc21. The van der Waals surface area contributed by atoms with Gasteiger partial charge in [-0.2, -0.15) is 0 Å². The summed E-state index contributed by atoms with van der Waals surface area (Å²) >= 11 is 0. The zero-order valence-corrected chi connectivity index (χ0v) is 19.1. The number of benzene rings is 2. The first kappa shape index (κ1) is 22.8. The Morgan fingerprint density at radius 3 is 2.48 bits per heavy atom. The van der Waals surface area contributed by atoms with E-state index in [-0.39, 0.29) is 11.7 Å². The molecule has 3 aromatic rings. The lowest BCUT2D eigenvalue weighted by Gasteiger charge is -2.34. The Kier molecular flexibility index (Phi) is 6.12. The predicted molar refractivity (Wildman–Crippen MR) is 128 cm³/mol. The summed E-state index contributed by atoms with van der Waals surface area (Å²) in [5, 5.41) is 11.3. The van der Waals surface area contributed by atoms with Crippen LogP contribution in [0.3, 0.4) is 0 Å². The molecule has 7 nitrogen and oxygen atoms in total. The second kappa shape index (κ2) is 8.86. The molecule has 0 unspecified atom stereocenters. The van der Waals surface area contributed by atoms with Gasteiger partial charge < -0.3 is 25.2 Å². The molecule has 174 valence electrons. The van der Waals surface area contributed by atoms with Crippen molar-refractivity contribution >= 4 is 22.5 Å². The fourth-order valence-corrected chi connectivity index (χ4v) is 4.46. The number of likely N-dealkylation sites (N-methyl/N-ethyl adjacent to an activating group) is 1. The molecule has 1 aliphatic heterocycles. The molecule has 0 saturated carbocycles. The van der Waals surface area contributed by atoms with Crippen molar-refractivity contribution < 1.29 is 14.3 Å². The van der Waals surface area contributed by atoms with Crippen LogP contribution in [0.4, 0.5) is 10.1 Å². The molecule has 0 bridgehead atoms. The van der Waals surface area contributed by atoms with Crippen LogP contribution in [0.15, 0.2) is 41.2 Å². The summed E-state index contributed by atoms with van der Waals surface area (Å²) in [5.74, 6) is -1.62. The van der Waals surface area contributed by atoms with Crippen molar-refractivity contribution in [2.24, 2.45) is 11.7 Å². The maximum Gasteiger partial charge on any atom is 0.267 e. The average molecular weight is 453 g/mol. The molecule has 33 heavy (non-hydrogen) atoms. The molecule has 0 atom stereocenters. The van der Waals surface area contributed by atoms with Gasteiger partial charge in [0.15, 0.2) is 0 Å². The number of halogens is 1. The number of pyridine rings is 1. The number of piperazine rings is 1. The lowest BCUT2D eigenvalue weighted by molar-refractivity contribution is 0.0996. The number of primary amides is 1. The van der Waals surface area contributed by atoms with E-state index in [0.717, 1.165) is 13.1 Å². The Bertz CT molecular complexity index is 1280. The summed E-state index contributed by atoms with van der Waals surface area (Å²) in [7, 11) is 2.04. The Labute approximate surface area is 191 Å². The van der Waals surface area contributed by atoms with Crippen LogP contribution in [0.25, 0.3) is 22.0 Å². The molecular weight excluding hydrogens is 423 g/mol. The third-order valence-electron chi connectivity index (χ3n) is 6.16. The van der Waals surface area contributed by atoms with Crippen molar-refractivity contribution in [3.05, 3.63) is 58.1 Å². The number of carbonyl (C=O) groups excluding carboxylic acids is 1. The Balaban J connectivity index is 1.96. The van der Waals surface area contributed by atoms with Gasteiger partial charge in [0.2, 0.25) is 0 Å². The number of hydrogen-bond donors (Lipinski definition) is 2. The van der Waals surface area contributed by atoms with Crippen LogP contribution < -0.4 is 16.2 Å². The first-order chi connectivity index (χ1) is 15.7. The van der Waals surface area contributed by atoms with Crippen LogP contribution in [0, 0.1) is 11.7 Å². The summed E-state index contributed by atoms with van der Waals surface area (Å²) in [6.45, 7) is 7.36. The molecule has 0 radical (unpaired) electrons. The fourth-order valence-electron chi connectivity index (χ4n) is 4.46. The van der Waals surface area contributed by atoms with E-state index < -0.39 is 22.8 Å². The summed E-state index contributed by atoms with van der Waals surface area (Å²) in [6, 6.07) is 10.1. The first-order valence-electron chi connectivity index (χ1n) is 11.1. The number of nitrogens with zero attached hydrogens (tertiary/aromatic N) is 3. The maximum absolute atomic E-state index is 14.8. The van der Waals surface area contributed by atoms with Crippen LogP contribution in [0.2, 0.25) is 0 Å². The molecule has 1 saturated heterocycles. The van der Waals surface area contributed by atoms with Crippen molar-refractivity contribution in [2.75, 3.05) is 38.1 Å². The molecule has 2 aromatic carbocycles. The molecule has 8 heteroatoms. The number of aromatic hydroxyl groups is 1. The van der Waals surface area contributed by atoms with Gasteiger partial charge in [-0.1, -0.05) is 32.0 Å². The number of carbonyl (C=O) groups is 1. The van der Waals surface area contributed by atoms with E-state index in [1.54, 1.807) is 30.3 Å². The highest BCUT2D eigenvalue weighted by Gasteiger charge is 2.24. The Morgan fingerprint density at radius 1 is 1.15 bits per heavy atom. The van der Waals surface area contributed by atoms with Crippen molar-refractivity contribution in [1.82, 2.24) is 9.47 Å². The second-order valence-electron chi connectivity index (χ2n) is 9.05. The van der Waals surface area contributed by atoms with E-state index in [4.69, 9.17) is 5.73 Å². The molecular formula is C25H29FN4O3. The van der Waals surface area contributed by atoms with Crippen molar-refractivity contribution in [3.8, 4) is 16.9 Å². The topological polar surface area (TPSA) is 91.8 Å². The van der Waals surface area contributed by atoms with Gasteiger partial charge in [0.1, 0.15) is 17.1 Å². The third-order valence-corrected chi connectivity index (χ3v) is 6.16. The predicted octanol–water partition coefficient (Wildman–Crippen LogP) is 3.02. The van der Waals surface area contributed by atoms with Crippen molar-refractivity contribution in [3.63, 3.8) is 0 Å². The summed E-state index contributed by atoms with van der Waals surface area (Å²) in [5.41, 5.74) is 6.69. The standard InChI is InChI=1S/C25H29FN4O3/c1-15(2)14-30-19-6-4-5-17(21(19)23(31)22(24(27)32)25(30)33)16-7-8-18(26)20(13-16)29-11-9-28(3)10-12-29/h4-8,13,15,31H,9-12,14H2,1-3H3,(H2,27,32). The highest BCUT2D eigenvalue weighted by Crippen LogP contribution is 2.37. The second-order valence-corrected chi connectivity index (χ2v) is 9.05. The van der Waals surface area contributed by atoms with Gasteiger partial charge in [0.25, 0.3) is 11.5 Å². The molecule has 2 heterocycles. The number of amides is 1. The number of anilines is 1. The molecule has 0 spiro atoms. The number of fused-ring (bicyclic) bond motifs is 1. The minimum Gasteiger partial charge on any atom is -0.506 e. The lowest BCUT2D eigenvalue weighted by Crippen LogP contribution is -2.44. The van der Waals surface area contributed by atoms with E-state index in [2.05, 4.69) is 4.90 Å². The van der Waals surface area contributed by atoms with E-state index in [1.807, 2.05) is 25.8 Å². The maximum atomic E-state index is 14.8. The number of rotatable bonds is 5. The smallest absolute Gasteiger partial charge is 0.267 e.